The second kappa shape index (κ2) is 8.30. The van der Waals surface area contributed by atoms with Crippen LogP contribution in [0.5, 0.6) is 5.75 Å². The summed E-state index contributed by atoms with van der Waals surface area (Å²) in [6.07, 6.45) is 3.25. The predicted octanol–water partition coefficient (Wildman–Crippen LogP) is 5.37. The Labute approximate surface area is 195 Å². The van der Waals surface area contributed by atoms with E-state index in [1.165, 1.54) is 13.0 Å². The van der Waals surface area contributed by atoms with Gasteiger partial charge >= 0.3 is 0 Å². The highest BCUT2D eigenvalue weighted by Crippen LogP contribution is 2.45. The van der Waals surface area contributed by atoms with Crippen LogP contribution in [0.1, 0.15) is 24.1 Å². The van der Waals surface area contributed by atoms with Crippen LogP contribution in [0.2, 0.25) is 0 Å². The lowest BCUT2D eigenvalue weighted by Gasteiger charge is -2.16. The van der Waals surface area contributed by atoms with Crippen LogP contribution in [-0.2, 0) is 9.59 Å². The highest BCUT2D eigenvalue weighted by molar-refractivity contribution is 6.19. The van der Waals surface area contributed by atoms with E-state index >= 15 is 0 Å². The molecule has 0 saturated heterocycles. The molecule has 0 radical (unpaired) electrons. The van der Waals surface area contributed by atoms with Crippen molar-refractivity contribution >= 4 is 62.5 Å². The van der Waals surface area contributed by atoms with E-state index < -0.39 is 0 Å². The number of hydrogen-bond donors (Lipinski definition) is 3. The molecule has 1 unspecified atom stereocenters. The number of aromatic nitrogens is 1. The van der Waals surface area contributed by atoms with Gasteiger partial charge in [0.15, 0.2) is 0 Å². The normalized spacial score (nSPS) is 15.5. The number of nitrogens with zero attached hydrogens (tertiary/aromatic N) is 1. The SMILES string of the molecule is CC(=O)Nc1ccc2[nH]c(/C=C/C(=O)N3CC(CCl)c4c3cc(O)c3ccccc43)cc2c1. The van der Waals surface area contributed by atoms with Crippen molar-refractivity contribution in [3.05, 3.63) is 71.9 Å². The fourth-order valence-corrected chi connectivity index (χ4v) is 4.79. The number of carbonyl (C=O) groups excluding carboxylic acids is 2. The molecule has 166 valence electrons. The molecule has 33 heavy (non-hydrogen) atoms. The average molecular weight is 460 g/mol. The Morgan fingerprint density at radius 2 is 1.97 bits per heavy atom. The maximum Gasteiger partial charge on any atom is 0.251 e. The van der Waals surface area contributed by atoms with E-state index in [9.17, 15) is 14.7 Å². The second-order valence-electron chi connectivity index (χ2n) is 8.22. The van der Waals surface area contributed by atoms with E-state index in [1.54, 1.807) is 17.0 Å². The molecule has 0 bridgehead atoms. The zero-order chi connectivity index (χ0) is 23.1. The molecule has 3 N–H and O–H groups in total. The van der Waals surface area contributed by atoms with Gasteiger partial charge in [-0.3, -0.25) is 9.59 Å². The Bertz CT molecular complexity index is 1440. The molecule has 6 nitrogen and oxygen atoms in total. The first-order chi connectivity index (χ1) is 15.9. The zero-order valence-electron chi connectivity index (χ0n) is 17.9. The number of fused-ring (bicyclic) bond motifs is 4. The van der Waals surface area contributed by atoms with Crippen molar-refractivity contribution in [3.63, 3.8) is 0 Å². The van der Waals surface area contributed by atoms with E-state index in [0.29, 0.717) is 23.8 Å². The fraction of sp³-hybridized carbons (Fsp3) is 0.154. The van der Waals surface area contributed by atoms with Gasteiger partial charge in [0.05, 0.1) is 5.69 Å². The number of amides is 2. The third kappa shape index (κ3) is 3.83. The highest BCUT2D eigenvalue weighted by atomic mass is 35.5. The standard InChI is InChI=1S/C26H22ClN3O3/c1-15(31)28-18-6-8-22-16(10-18)11-19(29-22)7-9-25(33)30-14-17(13-27)26-21-5-3-2-4-20(21)24(32)12-23(26)30/h2-12,17,29,32H,13-14H2,1H3,(H,28,31)/b9-7+. The Morgan fingerprint density at radius 1 is 1.18 bits per heavy atom. The van der Waals surface area contributed by atoms with Crippen molar-refractivity contribution in [3.8, 4) is 5.75 Å². The summed E-state index contributed by atoms with van der Waals surface area (Å²) in [4.78, 5) is 29.4. The van der Waals surface area contributed by atoms with Crippen LogP contribution in [0.3, 0.4) is 0 Å². The fourth-order valence-electron chi connectivity index (χ4n) is 4.54. The van der Waals surface area contributed by atoms with Gasteiger partial charge in [-0.2, -0.15) is 0 Å². The van der Waals surface area contributed by atoms with Crippen LogP contribution in [0.15, 0.2) is 60.7 Å². The molecule has 0 aliphatic carbocycles. The summed E-state index contributed by atoms with van der Waals surface area (Å²) in [6, 6.07) is 16.8. The molecule has 7 heteroatoms. The van der Waals surface area contributed by atoms with Crippen molar-refractivity contribution in [1.82, 2.24) is 4.98 Å². The summed E-state index contributed by atoms with van der Waals surface area (Å²) in [5.41, 5.74) is 4.09. The molecule has 0 spiro atoms. The molecule has 2 heterocycles. The van der Waals surface area contributed by atoms with Crippen molar-refractivity contribution in [1.29, 1.82) is 0 Å². The quantitative estimate of drug-likeness (QED) is 0.283. The van der Waals surface area contributed by atoms with Gasteiger partial charge in [-0.15, -0.1) is 11.6 Å². The first-order valence-corrected chi connectivity index (χ1v) is 11.2. The van der Waals surface area contributed by atoms with Crippen LogP contribution in [0.4, 0.5) is 11.4 Å². The minimum Gasteiger partial charge on any atom is -0.507 e. The molecule has 4 aromatic rings. The van der Waals surface area contributed by atoms with Gasteiger partial charge < -0.3 is 20.3 Å². The largest absolute Gasteiger partial charge is 0.507 e. The van der Waals surface area contributed by atoms with Crippen LogP contribution in [0, 0.1) is 0 Å². The van der Waals surface area contributed by atoms with Gasteiger partial charge in [0, 0.05) is 65.1 Å². The summed E-state index contributed by atoms with van der Waals surface area (Å²) in [5.74, 6) is 0.205. The first kappa shape index (κ1) is 21.1. The molecule has 5 rings (SSSR count). The average Bonchev–Trinajstić information content (AvgIpc) is 3.38. The molecule has 1 aliphatic rings. The van der Waals surface area contributed by atoms with Crippen molar-refractivity contribution in [2.24, 2.45) is 0 Å². The number of alkyl halides is 1. The molecule has 3 aromatic carbocycles. The number of H-pyrrole nitrogens is 1. The Balaban J connectivity index is 1.45. The van der Waals surface area contributed by atoms with E-state index in [1.807, 2.05) is 48.5 Å². The molecular weight excluding hydrogens is 438 g/mol. The monoisotopic (exact) mass is 459 g/mol. The number of phenolic OH excluding ortho intramolecular Hbond substituents is 1. The van der Waals surface area contributed by atoms with E-state index in [-0.39, 0.29) is 23.5 Å². The van der Waals surface area contributed by atoms with Gasteiger partial charge in [-0.1, -0.05) is 24.3 Å². The number of anilines is 2. The lowest BCUT2D eigenvalue weighted by Crippen LogP contribution is -2.28. The summed E-state index contributed by atoms with van der Waals surface area (Å²) < 4.78 is 0. The minimum atomic E-state index is -0.184. The van der Waals surface area contributed by atoms with Crippen LogP contribution in [-0.4, -0.2) is 34.3 Å². The molecule has 0 saturated carbocycles. The van der Waals surface area contributed by atoms with Gasteiger partial charge in [0.25, 0.3) is 5.91 Å². The molecule has 0 fully saturated rings. The maximum absolute atomic E-state index is 13.1. The van der Waals surface area contributed by atoms with Crippen LogP contribution < -0.4 is 10.2 Å². The number of halogens is 1. The molecule has 2 amide bonds. The van der Waals surface area contributed by atoms with Crippen molar-refractivity contribution < 1.29 is 14.7 Å². The Kier molecular flexibility index (Phi) is 5.30. The number of aromatic amines is 1. The predicted molar refractivity (Wildman–Crippen MR) is 133 cm³/mol. The number of phenols is 1. The third-order valence-electron chi connectivity index (χ3n) is 5.96. The summed E-state index contributed by atoms with van der Waals surface area (Å²) in [5, 5.41) is 15.9. The number of hydrogen-bond acceptors (Lipinski definition) is 3. The topological polar surface area (TPSA) is 85.4 Å². The number of aromatic hydroxyl groups is 1. The first-order valence-electron chi connectivity index (χ1n) is 10.6. The lowest BCUT2D eigenvalue weighted by molar-refractivity contribution is -0.115. The third-order valence-corrected chi connectivity index (χ3v) is 6.34. The number of rotatable bonds is 4. The Morgan fingerprint density at radius 3 is 2.73 bits per heavy atom. The van der Waals surface area contributed by atoms with Gasteiger partial charge in [0.2, 0.25) is 5.91 Å². The molecule has 1 aromatic heterocycles. The lowest BCUT2D eigenvalue weighted by atomic mass is 9.95. The number of carbonyl (C=O) groups is 2. The minimum absolute atomic E-state index is 0.00945. The summed E-state index contributed by atoms with van der Waals surface area (Å²) in [6.45, 7) is 1.93. The summed E-state index contributed by atoms with van der Waals surface area (Å²) in [7, 11) is 0. The second-order valence-corrected chi connectivity index (χ2v) is 8.52. The van der Waals surface area contributed by atoms with E-state index in [2.05, 4.69) is 10.3 Å². The van der Waals surface area contributed by atoms with Gasteiger partial charge in [-0.05, 0) is 41.3 Å². The van der Waals surface area contributed by atoms with Crippen LogP contribution in [0.25, 0.3) is 27.8 Å². The highest BCUT2D eigenvalue weighted by Gasteiger charge is 2.33. The maximum atomic E-state index is 13.1. The van der Waals surface area contributed by atoms with Crippen molar-refractivity contribution in [2.45, 2.75) is 12.8 Å². The molecule has 1 atom stereocenters. The van der Waals surface area contributed by atoms with Gasteiger partial charge in [-0.25, -0.2) is 0 Å². The number of benzene rings is 3. The van der Waals surface area contributed by atoms with Gasteiger partial charge in [0.1, 0.15) is 5.75 Å². The summed E-state index contributed by atoms with van der Waals surface area (Å²) >= 11 is 6.26. The molecular formula is C26H22ClN3O3. The Hall–Kier alpha value is -3.77. The zero-order valence-corrected chi connectivity index (χ0v) is 18.7. The van der Waals surface area contributed by atoms with E-state index in [4.69, 9.17) is 11.6 Å². The van der Waals surface area contributed by atoms with Crippen LogP contribution >= 0.6 is 11.6 Å². The van der Waals surface area contributed by atoms with E-state index in [0.717, 1.165) is 32.9 Å². The molecule has 1 aliphatic heterocycles. The smallest absolute Gasteiger partial charge is 0.251 e. The number of nitrogens with one attached hydrogen (secondary N) is 2. The van der Waals surface area contributed by atoms with Crippen molar-refractivity contribution in [2.75, 3.05) is 22.6 Å².